The lowest BCUT2D eigenvalue weighted by atomic mass is 9.76. The van der Waals surface area contributed by atoms with Crippen molar-refractivity contribution in [1.82, 2.24) is 5.43 Å². The Bertz CT molecular complexity index is 309. The van der Waals surface area contributed by atoms with Crippen LogP contribution in [0.2, 0.25) is 0 Å². The van der Waals surface area contributed by atoms with E-state index in [-0.39, 0.29) is 0 Å². The van der Waals surface area contributed by atoms with Gasteiger partial charge in [0, 0.05) is 12.8 Å². The number of amides is 1. The zero-order chi connectivity index (χ0) is 13.2. The Kier molecular flexibility index (Phi) is 4.17. The van der Waals surface area contributed by atoms with Crippen molar-refractivity contribution < 1.29 is 30.0 Å². The maximum atomic E-state index is 11.6. The number of hydrogen-bond donors (Lipinski definition) is 6. The number of rotatable bonds is 3. The molecule has 98 valence electrons. The van der Waals surface area contributed by atoms with Crippen molar-refractivity contribution in [1.29, 1.82) is 0 Å². The second-order valence-electron chi connectivity index (χ2n) is 4.23. The molecule has 0 saturated heterocycles. The summed E-state index contributed by atoms with van der Waals surface area (Å²) in [5.41, 5.74) is -0.285. The van der Waals surface area contributed by atoms with Crippen molar-refractivity contribution in [3.8, 4) is 0 Å². The van der Waals surface area contributed by atoms with Gasteiger partial charge in [0.2, 0.25) is 5.91 Å². The number of carbonyl (C=O) groups excluding carboxylic acids is 2. The van der Waals surface area contributed by atoms with Crippen LogP contribution in [-0.4, -0.2) is 56.0 Å². The summed E-state index contributed by atoms with van der Waals surface area (Å²) >= 11 is 0. The highest BCUT2D eigenvalue weighted by molar-refractivity contribution is 6.02. The summed E-state index contributed by atoms with van der Waals surface area (Å²) in [7, 11) is 0. The van der Waals surface area contributed by atoms with E-state index in [1.54, 1.807) is 5.43 Å². The van der Waals surface area contributed by atoms with Crippen LogP contribution in [-0.2, 0) is 9.59 Å². The Balaban J connectivity index is 2.74. The molecular weight excluding hydrogens is 232 g/mol. The average molecular weight is 248 g/mol. The predicted molar refractivity (Wildman–Crippen MR) is 54.2 cm³/mol. The van der Waals surface area contributed by atoms with Crippen LogP contribution in [0.15, 0.2) is 0 Å². The fourth-order valence-corrected chi connectivity index (χ4v) is 1.86. The van der Waals surface area contributed by atoms with E-state index in [0.29, 0.717) is 0 Å². The van der Waals surface area contributed by atoms with Gasteiger partial charge < -0.3 is 20.4 Å². The van der Waals surface area contributed by atoms with Crippen molar-refractivity contribution in [3.05, 3.63) is 0 Å². The van der Waals surface area contributed by atoms with Crippen molar-refractivity contribution in [3.63, 3.8) is 0 Å². The standard InChI is InChI=1S/C9H16N2O6/c10-11-7(15)1-6(14)9(17)2-4(12)8(16)5(13)3-9/h4-5,8,12-13,16-17H,1-3,10H2,(H,11,15)/t4-,5-,8?,9?/m1/s1. The summed E-state index contributed by atoms with van der Waals surface area (Å²) in [6.45, 7) is 0. The molecular formula is C9H16N2O6. The Hall–Kier alpha value is -1.06. The fourth-order valence-electron chi connectivity index (χ4n) is 1.86. The van der Waals surface area contributed by atoms with Gasteiger partial charge in [-0.1, -0.05) is 0 Å². The molecule has 0 spiro atoms. The molecule has 0 radical (unpaired) electrons. The lowest BCUT2D eigenvalue weighted by Gasteiger charge is -2.39. The van der Waals surface area contributed by atoms with Gasteiger partial charge in [-0.05, 0) is 0 Å². The van der Waals surface area contributed by atoms with Crippen LogP contribution in [0.4, 0.5) is 0 Å². The SMILES string of the molecule is NNC(=O)CC(=O)C1(O)C[C@@H](O)C(O)[C@H](O)C1. The number of aliphatic hydroxyl groups excluding tert-OH is 3. The first-order valence-electron chi connectivity index (χ1n) is 5.09. The van der Waals surface area contributed by atoms with Gasteiger partial charge >= 0.3 is 0 Å². The van der Waals surface area contributed by atoms with Crippen LogP contribution in [0.3, 0.4) is 0 Å². The molecule has 1 aliphatic carbocycles. The van der Waals surface area contributed by atoms with E-state index >= 15 is 0 Å². The molecule has 0 aromatic rings. The number of hydrazine groups is 1. The van der Waals surface area contributed by atoms with Crippen LogP contribution in [0.25, 0.3) is 0 Å². The lowest BCUT2D eigenvalue weighted by molar-refractivity contribution is -0.171. The molecule has 1 rings (SSSR count). The third-order valence-corrected chi connectivity index (χ3v) is 2.88. The first-order chi connectivity index (χ1) is 7.80. The maximum Gasteiger partial charge on any atom is 0.241 e. The number of hydrogen-bond acceptors (Lipinski definition) is 7. The van der Waals surface area contributed by atoms with Crippen molar-refractivity contribution in [2.24, 2.45) is 5.84 Å². The zero-order valence-corrected chi connectivity index (χ0v) is 9.04. The number of aliphatic hydroxyl groups is 4. The molecule has 17 heavy (non-hydrogen) atoms. The van der Waals surface area contributed by atoms with E-state index in [0.717, 1.165) is 0 Å². The van der Waals surface area contributed by atoms with Crippen molar-refractivity contribution in [2.45, 2.75) is 43.2 Å². The highest BCUT2D eigenvalue weighted by Gasteiger charge is 2.48. The molecule has 8 heteroatoms. The van der Waals surface area contributed by atoms with Gasteiger partial charge in [0.25, 0.3) is 0 Å². The minimum absolute atomic E-state index is 0.429. The molecule has 1 amide bonds. The zero-order valence-electron chi connectivity index (χ0n) is 9.04. The van der Waals surface area contributed by atoms with Gasteiger partial charge in [-0.3, -0.25) is 15.0 Å². The fraction of sp³-hybridized carbons (Fsp3) is 0.778. The smallest absolute Gasteiger partial charge is 0.241 e. The Morgan fingerprint density at radius 3 is 2.12 bits per heavy atom. The molecule has 0 aromatic carbocycles. The molecule has 2 atom stereocenters. The van der Waals surface area contributed by atoms with Gasteiger partial charge in [-0.25, -0.2) is 5.84 Å². The van der Waals surface area contributed by atoms with E-state index < -0.39 is 54.9 Å². The van der Waals surface area contributed by atoms with Gasteiger partial charge in [0.15, 0.2) is 5.78 Å². The molecule has 0 bridgehead atoms. The largest absolute Gasteiger partial charge is 0.390 e. The summed E-state index contributed by atoms with van der Waals surface area (Å²) in [6, 6.07) is 0. The highest BCUT2D eigenvalue weighted by Crippen LogP contribution is 2.30. The second kappa shape index (κ2) is 5.07. The summed E-state index contributed by atoms with van der Waals surface area (Å²) < 4.78 is 0. The highest BCUT2D eigenvalue weighted by atomic mass is 16.4. The third kappa shape index (κ3) is 2.99. The first-order valence-corrected chi connectivity index (χ1v) is 5.09. The van der Waals surface area contributed by atoms with Crippen molar-refractivity contribution in [2.75, 3.05) is 0 Å². The molecule has 7 N–H and O–H groups in total. The van der Waals surface area contributed by atoms with Crippen LogP contribution in [0.1, 0.15) is 19.3 Å². The lowest BCUT2D eigenvalue weighted by Crippen LogP contribution is -2.56. The third-order valence-electron chi connectivity index (χ3n) is 2.88. The molecule has 0 aliphatic heterocycles. The molecule has 0 heterocycles. The summed E-state index contributed by atoms with van der Waals surface area (Å²) in [4.78, 5) is 22.5. The van der Waals surface area contributed by atoms with E-state index in [1.165, 1.54) is 0 Å². The Morgan fingerprint density at radius 2 is 1.71 bits per heavy atom. The molecule has 1 aliphatic rings. The number of Topliss-reactive ketones (excluding diaryl/α,β-unsaturated/α-hetero) is 1. The predicted octanol–water partition coefficient (Wildman–Crippen LogP) is -3.46. The molecule has 1 fully saturated rings. The Morgan fingerprint density at radius 1 is 1.24 bits per heavy atom. The minimum atomic E-state index is -2.02. The summed E-state index contributed by atoms with van der Waals surface area (Å²) in [5, 5.41) is 38.0. The van der Waals surface area contributed by atoms with E-state index in [2.05, 4.69) is 0 Å². The first kappa shape index (κ1) is 14.0. The minimum Gasteiger partial charge on any atom is -0.390 e. The van der Waals surface area contributed by atoms with Gasteiger partial charge in [0.1, 0.15) is 11.7 Å². The Labute approximate surface area is 97.0 Å². The van der Waals surface area contributed by atoms with Crippen LogP contribution < -0.4 is 11.3 Å². The van der Waals surface area contributed by atoms with Crippen LogP contribution >= 0.6 is 0 Å². The van der Waals surface area contributed by atoms with E-state index in [1.807, 2.05) is 0 Å². The van der Waals surface area contributed by atoms with Crippen LogP contribution in [0, 0.1) is 0 Å². The second-order valence-corrected chi connectivity index (χ2v) is 4.23. The monoisotopic (exact) mass is 248 g/mol. The van der Waals surface area contributed by atoms with Crippen molar-refractivity contribution >= 4 is 11.7 Å². The normalized spacial score (nSPS) is 37.6. The number of ketones is 1. The van der Waals surface area contributed by atoms with Gasteiger partial charge in [-0.15, -0.1) is 0 Å². The quantitative estimate of drug-likeness (QED) is 0.131. The number of nitrogens with one attached hydrogen (secondary N) is 1. The van der Waals surface area contributed by atoms with Crippen LogP contribution in [0.5, 0.6) is 0 Å². The average Bonchev–Trinajstić information content (AvgIpc) is 2.25. The summed E-state index contributed by atoms with van der Waals surface area (Å²) in [5.74, 6) is 3.16. The number of nitrogens with two attached hydrogens (primary N) is 1. The molecule has 1 saturated carbocycles. The molecule has 0 unspecified atom stereocenters. The van der Waals surface area contributed by atoms with Gasteiger partial charge in [-0.2, -0.15) is 0 Å². The molecule has 0 aromatic heterocycles. The summed E-state index contributed by atoms with van der Waals surface area (Å²) in [6.07, 6.45) is -5.76. The topological polar surface area (TPSA) is 153 Å². The number of carbonyl (C=O) groups is 2. The maximum absolute atomic E-state index is 11.6. The van der Waals surface area contributed by atoms with E-state index in [9.17, 15) is 30.0 Å². The molecule has 8 nitrogen and oxygen atoms in total. The van der Waals surface area contributed by atoms with E-state index in [4.69, 9.17) is 5.84 Å². The van der Waals surface area contributed by atoms with Gasteiger partial charge in [0.05, 0.1) is 18.6 Å².